The number of rotatable bonds is 11. The topological polar surface area (TPSA) is 78.9 Å². The number of carbonyl (C=O) groups is 3. The van der Waals surface area contributed by atoms with E-state index >= 15 is 0 Å². The summed E-state index contributed by atoms with van der Waals surface area (Å²) in [7, 11) is 0. The van der Waals surface area contributed by atoms with Crippen LogP contribution >= 0.6 is 0 Å². The quantitative estimate of drug-likeness (QED) is 0.134. The first kappa shape index (κ1) is 30.5. The Hall–Kier alpha value is -2.06. The maximum Gasteiger partial charge on any atom is 0.333 e. The monoisotopic (exact) mass is 544 g/mol. The van der Waals surface area contributed by atoms with E-state index in [4.69, 9.17) is 14.2 Å². The average molecular weight is 545 g/mol. The predicted octanol–water partition coefficient (Wildman–Crippen LogP) is 6.15. The number of carbonyl (C=O) groups excluding carboxylic acids is 3. The lowest BCUT2D eigenvalue weighted by atomic mass is 9.66. The standard InChI is InChI=1S/C29H43F3O6/c1-18(2)29(35)37-15-3-14-36-26(33)12-13-27(34)38-23-10-8-20(9-11-23)19-4-6-21(7-5-19)22-16-24(30)28(32)25(31)17-22/h19-25,28H,1,3-17H2,2H3. The molecule has 0 aliphatic heterocycles. The molecule has 0 aromatic heterocycles. The van der Waals surface area contributed by atoms with Gasteiger partial charge in [0.1, 0.15) is 18.4 Å². The Morgan fingerprint density at radius 3 is 1.74 bits per heavy atom. The second kappa shape index (κ2) is 14.9. The van der Waals surface area contributed by atoms with E-state index in [-0.39, 0.29) is 50.9 Å². The number of ether oxygens (including phenoxy) is 3. The first-order chi connectivity index (χ1) is 18.1. The summed E-state index contributed by atoms with van der Waals surface area (Å²) < 4.78 is 56.7. The van der Waals surface area contributed by atoms with E-state index in [2.05, 4.69) is 6.58 Å². The van der Waals surface area contributed by atoms with E-state index in [0.29, 0.717) is 29.7 Å². The predicted molar refractivity (Wildman–Crippen MR) is 135 cm³/mol. The molecule has 0 saturated heterocycles. The number of hydrogen-bond donors (Lipinski definition) is 0. The Kier molecular flexibility index (Phi) is 12.0. The molecule has 216 valence electrons. The van der Waals surface area contributed by atoms with E-state index in [1.165, 1.54) is 0 Å². The molecule has 3 rings (SSSR count). The van der Waals surface area contributed by atoms with Gasteiger partial charge in [0.05, 0.1) is 26.1 Å². The van der Waals surface area contributed by atoms with Gasteiger partial charge >= 0.3 is 17.9 Å². The number of esters is 3. The van der Waals surface area contributed by atoms with Crippen molar-refractivity contribution in [1.82, 2.24) is 0 Å². The highest BCUT2D eigenvalue weighted by Crippen LogP contribution is 2.46. The molecule has 0 spiro atoms. The molecule has 0 N–H and O–H groups in total. The van der Waals surface area contributed by atoms with Gasteiger partial charge in [0, 0.05) is 12.0 Å². The molecule has 38 heavy (non-hydrogen) atoms. The lowest BCUT2D eigenvalue weighted by Crippen LogP contribution is -2.40. The van der Waals surface area contributed by atoms with Gasteiger partial charge in [-0.05, 0) is 94.8 Å². The first-order valence-electron chi connectivity index (χ1n) is 14.2. The summed E-state index contributed by atoms with van der Waals surface area (Å²) in [4.78, 5) is 35.3. The molecule has 2 atom stereocenters. The third-order valence-electron chi connectivity index (χ3n) is 8.58. The van der Waals surface area contributed by atoms with Crippen LogP contribution in [0.5, 0.6) is 0 Å². The summed E-state index contributed by atoms with van der Waals surface area (Å²) in [5.41, 5.74) is 0.308. The molecule has 3 aliphatic rings. The number of alkyl halides is 3. The summed E-state index contributed by atoms with van der Waals surface area (Å²) >= 11 is 0. The Balaban J connectivity index is 1.24. The molecule has 3 saturated carbocycles. The van der Waals surface area contributed by atoms with Crippen LogP contribution in [0.15, 0.2) is 12.2 Å². The van der Waals surface area contributed by atoms with Crippen molar-refractivity contribution in [2.75, 3.05) is 13.2 Å². The third-order valence-corrected chi connectivity index (χ3v) is 8.58. The zero-order valence-electron chi connectivity index (χ0n) is 22.5. The van der Waals surface area contributed by atoms with Gasteiger partial charge < -0.3 is 14.2 Å². The van der Waals surface area contributed by atoms with E-state index in [9.17, 15) is 27.6 Å². The molecule has 0 aromatic rings. The summed E-state index contributed by atoms with van der Waals surface area (Å²) in [6.07, 6.45) is 2.72. The fourth-order valence-corrected chi connectivity index (χ4v) is 6.37. The molecule has 2 unspecified atom stereocenters. The minimum atomic E-state index is -1.96. The normalized spacial score (nSPS) is 33.7. The molecular weight excluding hydrogens is 501 g/mol. The average Bonchev–Trinajstić information content (AvgIpc) is 2.90. The summed E-state index contributed by atoms with van der Waals surface area (Å²) in [5.74, 6) is 0.0197. The van der Waals surface area contributed by atoms with Crippen molar-refractivity contribution in [3.8, 4) is 0 Å². The second-order valence-corrected chi connectivity index (χ2v) is 11.4. The van der Waals surface area contributed by atoms with E-state index < -0.39 is 36.4 Å². The molecule has 3 aliphatic carbocycles. The summed E-state index contributed by atoms with van der Waals surface area (Å²) in [6, 6.07) is 0. The van der Waals surface area contributed by atoms with Crippen molar-refractivity contribution >= 4 is 17.9 Å². The van der Waals surface area contributed by atoms with Crippen LogP contribution < -0.4 is 0 Å². The largest absolute Gasteiger partial charge is 0.466 e. The van der Waals surface area contributed by atoms with Crippen molar-refractivity contribution < 1.29 is 41.8 Å². The van der Waals surface area contributed by atoms with Crippen LogP contribution in [0.1, 0.15) is 90.4 Å². The highest BCUT2D eigenvalue weighted by atomic mass is 19.2. The highest BCUT2D eigenvalue weighted by molar-refractivity contribution is 5.86. The Morgan fingerprint density at radius 2 is 1.18 bits per heavy atom. The van der Waals surface area contributed by atoms with Gasteiger partial charge in [-0.25, -0.2) is 18.0 Å². The molecular formula is C29H43F3O6. The first-order valence-corrected chi connectivity index (χ1v) is 14.2. The van der Waals surface area contributed by atoms with Crippen molar-refractivity contribution in [3.05, 3.63) is 12.2 Å². The zero-order valence-corrected chi connectivity index (χ0v) is 22.5. The minimum Gasteiger partial charge on any atom is -0.466 e. The van der Waals surface area contributed by atoms with E-state index in [0.717, 1.165) is 51.4 Å². The molecule has 0 radical (unpaired) electrons. The van der Waals surface area contributed by atoms with Gasteiger partial charge in [-0.3, -0.25) is 9.59 Å². The van der Waals surface area contributed by atoms with Gasteiger partial charge in [0.15, 0.2) is 6.17 Å². The van der Waals surface area contributed by atoms with Crippen LogP contribution in [0, 0.1) is 23.7 Å². The Morgan fingerprint density at radius 1 is 0.711 bits per heavy atom. The van der Waals surface area contributed by atoms with Crippen LogP contribution in [0.4, 0.5) is 13.2 Å². The fourth-order valence-electron chi connectivity index (χ4n) is 6.37. The fraction of sp³-hybridized carbons (Fsp3) is 0.828. The van der Waals surface area contributed by atoms with Gasteiger partial charge in [-0.2, -0.15) is 0 Å². The van der Waals surface area contributed by atoms with Crippen molar-refractivity contribution in [2.45, 2.75) is 115 Å². The van der Waals surface area contributed by atoms with Crippen molar-refractivity contribution in [3.63, 3.8) is 0 Å². The highest BCUT2D eigenvalue weighted by Gasteiger charge is 2.42. The molecule has 3 fully saturated rings. The van der Waals surface area contributed by atoms with Crippen molar-refractivity contribution in [1.29, 1.82) is 0 Å². The van der Waals surface area contributed by atoms with E-state index in [1.807, 2.05) is 0 Å². The number of halogens is 3. The summed E-state index contributed by atoms with van der Waals surface area (Å²) in [6.45, 7) is 5.27. The van der Waals surface area contributed by atoms with Crippen LogP contribution in [0.3, 0.4) is 0 Å². The molecule has 0 heterocycles. The van der Waals surface area contributed by atoms with Gasteiger partial charge in [0.2, 0.25) is 0 Å². The van der Waals surface area contributed by atoms with Gasteiger partial charge in [-0.1, -0.05) is 6.58 Å². The molecule has 0 amide bonds. The van der Waals surface area contributed by atoms with Crippen LogP contribution in [0.2, 0.25) is 0 Å². The molecule has 6 nitrogen and oxygen atoms in total. The lowest BCUT2D eigenvalue weighted by Gasteiger charge is -2.41. The third kappa shape index (κ3) is 9.30. The lowest BCUT2D eigenvalue weighted by molar-refractivity contribution is -0.155. The van der Waals surface area contributed by atoms with Crippen LogP contribution in [-0.2, 0) is 28.6 Å². The molecule has 9 heteroatoms. The number of hydrogen-bond acceptors (Lipinski definition) is 6. The minimum absolute atomic E-state index is 0.0305. The van der Waals surface area contributed by atoms with Gasteiger partial charge in [0.25, 0.3) is 0 Å². The second-order valence-electron chi connectivity index (χ2n) is 11.4. The van der Waals surface area contributed by atoms with Crippen LogP contribution in [-0.4, -0.2) is 55.7 Å². The van der Waals surface area contributed by atoms with Crippen molar-refractivity contribution in [2.24, 2.45) is 23.7 Å². The zero-order chi connectivity index (χ0) is 27.7. The maximum atomic E-state index is 13.8. The maximum absolute atomic E-state index is 13.8. The molecule has 0 bridgehead atoms. The summed E-state index contributed by atoms with van der Waals surface area (Å²) in [5, 5.41) is 0. The van der Waals surface area contributed by atoms with Crippen LogP contribution in [0.25, 0.3) is 0 Å². The smallest absolute Gasteiger partial charge is 0.333 e. The van der Waals surface area contributed by atoms with Gasteiger partial charge in [-0.15, -0.1) is 0 Å². The Labute approximate surface area is 224 Å². The van der Waals surface area contributed by atoms with E-state index in [1.54, 1.807) is 6.92 Å². The Bertz CT molecular complexity index is 792. The SMILES string of the molecule is C=C(C)C(=O)OCCCOC(=O)CCC(=O)OC1CCC(C2CCC(C3CC(F)C(F)C(F)C3)CC2)CC1. The molecule has 0 aromatic carbocycles.